The second-order valence-electron chi connectivity index (χ2n) is 5.78. The van der Waals surface area contributed by atoms with Gasteiger partial charge in [-0.25, -0.2) is 0 Å². The number of carbonyl (C=O) groups excluding carboxylic acids is 1. The van der Waals surface area contributed by atoms with Gasteiger partial charge in [-0.05, 0) is 63.0 Å². The van der Waals surface area contributed by atoms with Crippen LogP contribution >= 0.6 is 24.8 Å². The molecule has 2 heterocycles. The zero-order valence-electron chi connectivity index (χ0n) is 13.1. The van der Waals surface area contributed by atoms with Crippen molar-refractivity contribution in [1.82, 2.24) is 15.6 Å². The van der Waals surface area contributed by atoms with Crippen molar-refractivity contribution in [2.24, 2.45) is 5.92 Å². The third kappa shape index (κ3) is 4.80. The molecule has 0 radical (unpaired) electrons. The first-order chi connectivity index (χ1) is 10.2. The van der Waals surface area contributed by atoms with Crippen molar-refractivity contribution in [3.05, 3.63) is 42.1 Å². The summed E-state index contributed by atoms with van der Waals surface area (Å²) in [6, 6.07) is 9.71. The molecule has 2 aromatic rings. The second-order valence-corrected chi connectivity index (χ2v) is 5.78. The van der Waals surface area contributed by atoms with Crippen LogP contribution in [0.1, 0.15) is 30.1 Å². The molecule has 0 aliphatic carbocycles. The Morgan fingerprint density at radius 2 is 2.17 bits per heavy atom. The van der Waals surface area contributed by atoms with Crippen molar-refractivity contribution in [1.29, 1.82) is 0 Å². The molecule has 1 saturated heterocycles. The van der Waals surface area contributed by atoms with Crippen LogP contribution in [-0.2, 0) is 0 Å². The maximum atomic E-state index is 12.4. The summed E-state index contributed by atoms with van der Waals surface area (Å²) in [5, 5.41) is 7.52. The molecule has 0 spiro atoms. The normalized spacial score (nSPS) is 18.4. The van der Waals surface area contributed by atoms with Gasteiger partial charge in [-0.1, -0.05) is 6.07 Å². The Balaban J connectivity index is 0.00000132. The first kappa shape index (κ1) is 19.7. The smallest absolute Gasteiger partial charge is 0.251 e. The van der Waals surface area contributed by atoms with Crippen LogP contribution in [0.3, 0.4) is 0 Å². The Labute approximate surface area is 149 Å². The van der Waals surface area contributed by atoms with Gasteiger partial charge < -0.3 is 10.6 Å². The fraction of sp³-hybridized carbons (Fsp3) is 0.412. The van der Waals surface area contributed by atoms with Gasteiger partial charge in [0.15, 0.2) is 0 Å². The first-order valence-electron chi connectivity index (χ1n) is 7.60. The molecule has 1 aliphatic rings. The number of fused-ring (bicyclic) bond motifs is 1. The quantitative estimate of drug-likeness (QED) is 0.888. The molecule has 23 heavy (non-hydrogen) atoms. The van der Waals surface area contributed by atoms with E-state index < -0.39 is 0 Å². The van der Waals surface area contributed by atoms with Crippen molar-refractivity contribution in [3.8, 4) is 0 Å². The van der Waals surface area contributed by atoms with Gasteiger partial charge in [-0.2, -0.15) is 0 Å². The van der Waals surface area contributed by atoms with E-state index in [2.05, 4.69) is 22.5 Å². The Kier molecular flexibility index (Phi) is 7.76. The molecule has 1 amide bonds. The van der Waals surface area contributed by atoms with Crippen LogP contribution in [0, 0.1) is 5.92 Å². The number of nitrogens with one attached hydrogen (secondary N) is 2. The number of carbonyl (C=O) groups is 1. The number of hydrogen-bond acceptors (Lipinski definition) is 3. The number of pyridine rings is 1. The Bertz CT molecular complexity index is 645. The van der Waals surface area contributed by atoms with Crippen LogP contribution < -0.4 is 10.6 Å². The fourth-order valence-corrected chi connectivity index (χ4v) is 2.93. The van der Waals surface area contributed by atoms with Gasteiger partial charge in [0, 0.05) is 23.2 Å². The standard InChI is InChI=1S/C17H21N3O.2ClH/c1-12(15-5-2-8-18-11-15)20-17(21)14-6-7-16-13(10-14)4-3-9-19-16;;/h3-4,6-7,9-10,12,15,18H,2,5,8,11H2,1H3,(H,20,21);2*1H. The lowest BCUT2D eigenvalue weighted by molar-refractivity contribution is 0.0922. The van der Waals surface area contributed by atoms with Gasteiger partial charge in [0.05, 0.1) is 5.52 Å². The van der Waals surface area contributed by atoms with Crippen molar-refractivity contribution >= 4 is 41.6 Å². The number of hydrogen-bond donors (Lipinski definition) is 2. The molecule has 1 aromatic heterocycles. The predicted molar refractivity (Wildman–Crippen MR) is 98.8 cm³/mol. The third-order valence-corrected chi connectivity index (χ3v) is 4.27. The predicted octanol–water partition coefficient (Wildman–Crippen LogP) is 3.20. The SMILES string of the molecule is CC(NC(=O)c1ccc2ncccc2c1)C1CCCNC1.Cl.Cl. The fourth-order valence-electron chi connectivity index (χ4n) is 2.93. The summed E-state index contributed by atoms with van der Waals surface area (Å²) in [7, 11) is 0. The van der Waals surface area contributed by atoms with Crippen LogP contribution in [0.2, 0.25) is 0 Å². The van der Waals surface area contributed by atoms with Gasteiger partial charge in [0.2, 0.25) is 0 Å². The van der Waals surface area contributed by atoms with E-state index >= 15 is 0 Å². The van der Waals surface area contributed by atoms with Crippen molar-refractivity contribution in [3.63, 3.8) is 0 Å². The van der Waals surface area contributed by atoms with Crippen LogP contribution in [0.25, 0.3) is 10.9 Å². The number of benzene rings is 1. The highest BCUT2D eigenvalue weighted by Gasteiger charge is 2.21. The topological polar surface area (TPSA) is 54.0 Å². The zero-order valence-corrected chi connectivity index (χ0v) is 14.8. The van der Waals surface area contributed by atoms with Gasteiger partial charge in [0.1, 0.15) is 0 Å². The summed E-state index contributed by atoms with van der Waals surface area (Å²) >= 11 is 0. The number of halogens is 2. The summed E-state index contributed by atoms with van der Waals surface area (Å²) in [6.45, 7) is 4.18. The molecule has 0 saturated carbocycles. The van der Waals surface area contributed by atoms with Crippen molar-refractivity contribution < 1.29 is 4.79 Å². The second kappa shape index (κ2) is 9.06. The highest BCUT2D eigenvalue weighted by molar-refractivity contribution is 5.98. The molecule has 3 rings (SSSR count). The lowest BCUT2D eigenvalue weighted by Crippen LogP contribution is -2.44. The van der Waals surface area contributed by atoms with E-state index in [1.54, 1.807) is 6.20 Å². The van der Waals surface area contributed by atoms with Gasteiger partial charge >= 0.3 is 0 Å². The molecule has 4 nitrogen and oxygen atoms in total. The molecule has 0 bridgehead atoms. The van der Waals surface area contributed by atoms with Crippen LogP contribution in [-0.4, -0.2) is 30.0 Å². The minimum Gasteiger partial charge on any atom is -0.349 e. The molecule has 2 atom stereocenters. The number of amides is 1. The van der Waals surface area contributed by atoms with E-state index in [0.29, 0.717) is 11.5 Å². The van der Waals surface area contributed by atoms with Gasteiger partial charge in [-0.15, -0.1) is 24.8 Å². The molecule has 1 fully saturated rings. The zero-order chi connectivity index (χ0) is 14.7. The number of piperidine rings is 1. The monoisotopic (exact) mass is 355 g/mol. The highest BCUT2D eigenvalue weighted by Crippen LogP contribution is 2.16. The van der Waals surface area contributed by atoms with E-state index in [1.807, 2.05) is 30.3 Å². The van der Waals surface area contributed by atoms with Gasteiger partial charge in [0.25, 0.3) is 5.91 Å². The van der Waals surface area contributed by atoms with E-state index in [0.717, 1.165) is 24.0 Å². The number of nitrogens with zero attached hydrogens (tertiary/aromatic N) is 1. The summed E-state index contributed by atoms with van der Waals surface area (Å²) in [5.41, 5.74) is 1.62. The number of rotatable bonds is 3. The Morgan fingerprint density at radius 1 is 1.35 bits per heavy atom. The third-order valence-electron chi connectivity index (χ3n) is 4.27. The molecule has 2 unspecified atom stereocenters. The summed E-state index contributed by atoms with van der Waals surface area (Å²) in [4.78, 5) is 16.7. The molecular formula is C17H23Cl2N3O. The maximum Gasteiger partial charge on any atom is 0.251 e. The summed E-state index contributed by atoms with van der Waals surface area (Å²) < 4.78 is 0. The molecular weight excluding hydrogens is 333 g/mol. The minimum atomic E-state index is -0.00109. The molecule has 1 aromatic carbocycles. The minimum absolute atomic E-state index is 0. The summed E-state index contributed by atoms with van der Waals surface area (Å²) in [6.07, 6.45) is 4.13. The molecule has 2 N–H and O–H groups in total. The van der Waals surface area contributed by atoms with E-state index in [4.69, 9.17) is 0 Å². The van der Waals surface area contributed by atoms with Gasteiger partial charge in [-0.3, -0.25) is 9.78 Å². The maximum absolute atomic E-state index is 12.4. The first-order valence-corrected chi connectivity index (χ1v) is 7.60. The van der Waals surface area contributed by atoms with Crippen LogP contribution in [0.5, 0.6) is 0 Å². The average Bonchev–Trinajstić information content (AvgIpc) is 2.55. The molecule has 126 valence electrons. The van der Waals surface area contributed by atoms with Crippen LogP contribution in [0.15, 0.2) is 36.5 Å². The van der Waals surface area contributed by atoms with E-state index in [9.17, 15) is 4.79 Å². The lowest BCUT2D eigenvalue weighted by Gasteiger charge is -2.29. The van der Waals surface area contributed by atoms with E-state index in [1.165, 1.54) is 12.8 Å². The summed E-state index contributed by atoms with van der Waals surface area (Å²) in [5.74, 6) is 0.517. The molecule has 1 aliphatic heterocycles. The Morgan fingerprint density at radius 3 is 2.91 bits per heavy atom. The molecule has 6 heteroatoms. The highest BCUT2D eigenvalue weighted by atomic mass is 35.5. The Hall–Kier alpha value is -1.36. The lowest BCUT2D eigenvalue weighted by atomic mass is 9.92. The van der Waals surface area contributed by atoms with Crippen molar-refractivity contribution in [2.75, 3.05) is 13.1 Å². The average molecular weight is 356 g/mol. The van der Waals surface area contributed by atoms with Crippen LogP contribution in [0.4, 0.5) is 0 Å². The number of aromatic nitrogens is 1. The van der Waals surface area contributed by atoms with Crippen molar-refractivity contribution in [2.45, 2.75) is 25.8 Å². The van der Waals surface area contributed by atoms with E-state index in [-0.39, 0.29) is 36.8 Å². The largest absolute Gasteiger partial charge is 0.349 e.